The summed E-state index contributed by atoms with van der Waals surface area (Å²) in [5.41, 5.74) is -0.245. The van der Waals surface area contributed by atoms with E-state index in [9.17, 15) is 9.59 Å². The minimum absolute atomic E-state index is 0.169. The molecular weight excluding hydrogens is 246 g/mol. The molecule has 0 aliphatic carbocycles. The first-order chi connectivity index (χ1) is 8.00. The number of fused-ring (bicyclic) bond motifs is 1. The third-order valence-corrected chi connectivity index (χ3v) is 2.55. The number of carboxylic acid groups (broad SMARTS) is 2. The van der Waals surface area contributed by atoms with Crippen LogP contribution in [-0.2, 0) is 0 Å². The molecule has 5 nitrogen and oxygen atoms in total. The third-order valence-electron chi connectivity index (χ3n) is 2.23. The van der Waals surface area contributed by atoms with Crippen molar-refractivity contribution in [3.05, 3.63) is 40.5 Å². The van der Waals surface area contributed by atoms with E-state index in [2.05, 4.69) is 4.98 Å². The van der Waals surface area contributed by atoms with Gasteiger partial charge in [0, 0.05) is 5.39 Å². The van der Waals surface area contributed by atoms with E-state index in [0.29, 0.717) is 0 Å². The molecule has 0 unspecified atom stereocenters. The summed E-state index contributed by atoms with van der Waals surface area (Å²) in [7, 11) is 0. The molecule has 0 fully saturated rings. The standard InChI is InChI=1S/C11H6ClNO4/c12-6-2-1-3-7-9(6)5(10(14)15)4-8(13-7)11(16)17/h1-4H,(H,14,15)(H,16,17). The van der Waals surface area contributed by atoms with Crippen molar-refractivity contribution in [2.24, 2.45) is 0 Å². The summed E-state index contributed by atoms with van der Waals surface area (Å²) in [5.74, 6) is -2.53. The van der Waals surface area contributed by atoms with Gasteiger partial charge >= 0.3 is 11.9 Å². The number of carboxylic acids is 2. The first-order valence-corrected chi connectivity index (χ1v) is 4.94. The molecule has 0 aliphatic rings. The SMILES string of the molecule is O=C(O)c1cc(C(=O)O)c2c(Cl)cccc2n1. The zero-order valence-electron chi connectivity index (χ0n) is 8.35. The van der Waals surface area contributed by atoms with Gasteiger partial charge in [0.1, 0.15) is 5.69 Å². The topological polar surface area (TPSA) is 87.5 Å². The van der Waals surface area contributed by atoms with Crippen molar-refractivity contribution in [1.29, 1.82) is 0 Å². The normalized spacial score (nSPS) is 10.4. The fraction of sp³-hybridized carbons (Fsp3) is 0. The zero-order chi connectivity index (χ0) is 12.6. The second kappa shape index (κ2) is 4.03. The van der Waals surface area contributed by atoms with E-state index in [1.54, 1.807) is 6.07 Å². The summed E-state index contributed by atoms with van der Waals surface area (Å²) in [6, 6.07) is 5.62. The average Bonchev–Trinajstić information content (AvgIpc) is 2.27. The number of benzene rings is 1. The van der Waals surface area contributed by atoms with E-state index in [4.69, 9.17) is 21.8 Å². The van der Waals surface area contributed by atoms with Crippen LogP contribution >= 0.6 is 11.6 Å². The van der Waals surface area contributed by atoms with Crippen LogP contribution in [0.15, 0.2) is 24.3 Å². The third kappa shape index (κ3) is 1.92. The van der Waals surface area contributed by atoms with Crippen LogP contribution in [0.3, 0.4) is 0 Å². The summed E-state index contributed by atoms with van der Waals surface area (Å²) >= 11 is 5.89. The molecule has 0 saturated heterocycles. The maximum atomic E-state index is 11.1. The summed E-state index contributed by atoms with van der Waals surface area (Å²) in [6.07, 6.45) is 0. The van der Waals surface area contributed by atoms with Crippen molar-refractivity contribution < 1.29 is 19.8 Å². The summed E-state index contributed by atoms with van der Waals surface area (Å²) in [4.78, 5) is 25.7. The highest BCUT2D eigenvalue weighted by molar-refractivity contribution is 6.36. The monoisotopic (exact) mass is 251 g/mol. The van der Waals surface area contributed by atoms with Crippen LogP contribution < -0.4 is 0 Å². The van der Waals surface area contributed by atoms with E-state index in [-0.39, 0.29) is 27.2 Å². The van der Waals surface area contributed by atoms with E-state index >= 15 is 0 Å². The van der Waals surface area contributed by atoms with Crippen LogP contribution in [0.2, 0.25) is 5.02 Å². The predicted molar refractivity (Wildman–Crippen MR) is 60.7 cm³/mol. The minimum atomic E-state index is -1.28. The van der Waals surface area contributed by atoms with Gasteiger partial charge in [0.2, 0.25) is 0 Å². The van der Waals surface area contributed by atoms with Crippen LogP contribution in [0.1, 0.15) is 20.8 Å². The maximum absolute atomic E-state index is 11.1. The molecule has 86 valence electrons. The molecule has 1 aromatic carbocycles. The van der Waals surface area contributed by atoms with E-state index in [1.807, 2.05) is 0 Å². The Labute approximate surface area is 100 Å². The lowest BCUT2D eigenvalue weighted by atomic mass is 10.1. The molecule has 0 amide bonds. The van der Waals surface area contributed by atoms with Gasteiger partial charge in [-0.3, -0.25) is 0 Å². The van der Waals surface area contributed by atoms with Crippen molar-refractivity contribution in [3.63, 3.8) is 0 Å². The fourth-order valence-corrected chi connectivity index (χ4v) is 1.79. The van der Waals surface area contributed by atoms with E-state index < -0.39 is 11.9 Å². The summed E-state index contributed by atoms with van der Waals surface area (Å²) < 4.78 is 0. The van der Waals surface area contributed by atoms with Gasteiger partial charge in [-0.15, -0.1) is 0 Å². The van der Waals surface area contributed by atoms with Gasteiger partial charge in [0.05, 0.1) is 16.1 Å². The first-order valence-electron chi connectivity index (χ1n) is 4.56. The van der Waals surface area contributed by atoms with Crippen LogP contribution in [0.4, 0.5) is 0 Å². The number of rotatable bonds is 2. The number of nitrogens with zero attached hydrogens (tertiary/aromatic N) is 1. The van der Waals surface area contributed by atoms with Gasteiger partial charge in [-0.2, -0.15) is 0 Å². The quantitative estimate of drug-likeness (QED) is 0.855. The second-order valence-corrected chi connectivity index (χ2v) is 3.71. The Morgan fingerprint density at radius 1 is 1.18 bits per heavy atom. The molecule has 0 bridgehead atoms. The molecule has 17 heavy (non-hydrogen) atoms. The molecule has 0 aliphatic heterocycles. The molecule has 2 aromatic rings. The van der Waals surface area contributed by atoms with Gasteiger partial charge in [-0.25, -0.2) is 14.6 Å². The van der Waals surface area contributed by atoms with Gasteiger partial charge in [0.15, 0.2) is 0 Å². The van der Waals surface area contributed by atoms with Gasteiger partial charge in [-0.05, 0) is 18.2 Å². The number of aromatic nitrogens is 1. The van der Waals surface area contributed by atoms with Crippen LogP contribution in [0.5, 0.6) is 0 Å². The Kier molecular flexibility index (Phi) is 2.69. The predicted octanol–water partition coefficient (Wildman–Crippen LogP) is 2.28. The molecule has 6 heteroatoms. The summed E-state index contributed by atoms with van der Waals surface area (Å²) in [5, 5.41) is 18.3. The Morgan fingerprint density at radius 2 is 1.88 bits per heavy atom. The highest BCUT2D eigenvalue weighted by atomic mass is 35.5. The Hall–Kier alpha value is -2.14. The highest BCUT2D eigenvalue weighted by Gasteiger charge is 2.17. The number of aromatic carboxylic acids is 2. The number of hydrogen-bond acceptors (Lipinski definition) is 3. The van der Waals surface area contributed by atoms with Gasteiger partial charge in [-0.1, -0.05) is 17.7 Å². The molecule has 0 spiro atoms. The first kappa shape index (κ1) is 11.3. The lowest BCUT2D eigenvalue weighted by Crippen LogP contribution is -2.06. The van der Waals surface area contributed by atoms with Crippen LogP contribution in [0, 0.1) is 0 Å². The fourth-order valence-electron chi connectivity index (χ4n) is 1.52. The zero-order valence-corrected chi connectivity index (χ0v) is 9.10. The Balaban J connectivity index is 2.91. The number of pyridine rings is 1. The van der Waals surface area contributed by atoms with E-state index in [0.717, 1.165) is 6.07 Å². The van der Waals surface area contributed by atoms with Gasteiger partial charge in [0.25, 0.3) is 0 Å². The maximum Gasteiger partial charge on any atom is 0.354 e. The van der Waals surface area contributed by atoms with E-state index in [1.165, 1.54) is 12.1 Å². The molecule has 0 radical (unpaired) electrons. The van der Waals surface area contributed by atoms with Crippen molar-refractivity contribution in [2.75, 3.05) is 0 Å². The molecule has 0 atom stereocenters. The van der Waals surface area contributed by atoms with Crippen molar-refractivity contribution in [2.45, 2.75) is 0 Å². The molecule has 2 N–H and O–H groups in total. The second-order valence-electron chi connectivity index (χ2n) is 3.30. The molecule has 0 saturated carbocycles. The number of hydrogen-bond donors (Lipinski definition) is 2. The molecule has 1 aromatic heterocycles. The van der Waals surface area contributed by atoms with Crippen molar-refractivity contribution >= 4 is 34.4 Å². The largest absolute Gasteiger partial charge is 0.478 e. The average molecular weight is 252 g/mol. The molecule has 2 rings (SSSR count). The summed E-state index contributed by atoms with van der Waals surface area (Å²) in [6.45, 7) is 0. The Morgan fingerprint density at radius 3 is 2.47 bits per heavy atom. The number of halogens is 1. The molecular formula is C11H6ClNO4. The number of carbonyl (C=O) groups is 2. The lowest BCUT2D eigenvalue weighted by molar-refractivity contribution is 0.0691. The highest BCUT2D eigenvalue weighted by Crippen LogP contribution is 2.26. The van der Waals surface area contributed by atoms with Crippen LogP contribution in [0.25, 0.3) is 10.9 Å². The smallest absolute Gasteiger partial charge is 0.354 e. The van der Waals surface area contributed by atoms with Gasteiger partial charge < -0.3 is 10.2 Å². The van der Waals surface area contributed by atoms with Crippen LogP contribution in [-0.4, -0.2) is 27.1 Å². The lowest BCUT2D eigenvalue weighted by Gasteiger charge is -2.05. The van der Waals surface area contributed by atoms with Crippen molar-refractivity contribution in [1.82, 2.24) is 4.98 Å². The van der Waals surface area contributed by atoms with Crippen molar-refractivity contribution in [3.8, 4) is 0 Å². The Bertz CT molecular complexity index is 639. The molecule has 1 heterocycles. The minimum Gasteiger partial charge on any atom is -0.478 e.